The monoisotopic (exact) mass is 363 g/mol. The Morgan fingerprint density at radius 3 is 2.85 bits per heavy atom. The Morgan fingerprint density at radius 2 is 2.04 bits per heavy atom. The minimum absolute atomic E-state index is 0.200. The fourth-order valence-corrected chi connectivity index (χ4v) is 4.68. The molecule has 27 heavy (non-hydrogen) atoms. The minimum atomic E-state index is 0.200. The van der Waals surface area contributed by atoms with Crippen molar-refractivity contribution in [2.75, 3.05) is 18.5 Å². The zero-order chi connectivity index (χ0) is 18.2. The number of aromatic hydroxyl groups is 1. The summed E-state index contributed by atoms with van der Waals surface area (Å²) in [6.07, 6.45) is 8.09. The number of ether oxygens (including phenoxy) is 2. The first-order chi connectivity index (χ1) is 13.3. The third-order valence-corrected chi connectivity index (χ3v) is 6.06. The Hall–Kier alpha value is -2.46. The van der Waals surface area contributed by atoms with Crippen molar-refractivity contribution in [1.82, 2.24) is 0 Å². The molecule has 2 N–H and O–H groups in total. The number of para-hydroxylation sites is 1. The molecule has 2 heterocycles. The molecule has 0 aromatic heterocycles. The van der Waals surface area contributed by atoms with E-state index >= 15 is 0 Å². The lowest BCUT2D eigenvalue weighted by Gasteiger charge is -2.38. The average molecular weight is 363 g/mol. The summed E-state index contributed by atoms with van der Waals surface area (Å²) in [6, 6.07) is 14.1. The van der Waals surface area contributed by atoms with Crippen molar-refractivity contribution in [3.05, 3.63) is 65.7 Å². The predicted molar refractivity (Wildman–Crippen MR) is 105 cm³/mol. The van der Waals surface area contributed by atoms with E-state index in [1.165, 1.54) is 11.1 Å². The van der Waals surface area contributed by atoms with E-state index < -0.39 is 0 Å². The van der Waals surface area contributed by atoms with E-state index in [-0.39, 0.29) is 12.1 Å². The molecule has 2 aromatic rings. The second-order valence-electron chi connectivity index (χ2n) is 7.73. The molecule has 1 aliphatic carbocycles. The van der Waals surface area contributed by atoms with Crippen molar-refractivity contribution >= 4 is 5.69 Å². The third kappa shape index (κ3) is 3.08. The summed E-state index contributed by atoms with van der Waals surface area (Å²) in [6.45, 7) is 1.45. The molecule has 140 valence electrons. The van der Waals surface area contributed by atoms with Crippen molar-refractivity contribution in [3.8, 4) is 11.5 Å². The van der Waals surface area contributed by atoms with Crippen LogP contribution in [0.4, 0.5) is 5.69 Å². The highest BCUT2D eigenvalue weighted by Crippen LogP contribution is 2.52. The molecule has 0 bridgehead atoms. The number of phenolic OH excluding ortho intramolecular Hbond substituents is 1. The van der Waals surface area contributed by atoms with Crippen molar-refractivity contribution < 1.29 is 14.6 Å². The number of hydrogen-bond acceptors (Lipinski definition) is 4. The van der Waals surface area contributed by atoms with Gasteiger partial charge in [-0.05, 0) is 54.5 Å². The van der Waals surface area contributed by atoms with E-state index in [9.17, 15) is 5.11 Å². The van der Waals surface area contributed by atoms with Crippen molar-refractivity contribution in [2.45, 2.75) is 37.3 Å². The topological polar surface area (TPSA) is 50.7 Å². The van der Waals surface area contributed by atoms with E-state index in [0.717, 1.165) is 37.3 Å². The minimum Gasteiger partial charge on any atom is -0.508 e. The summed E-state index contributed by atoms with van der Waals surface area (Å²) >= 11 is 0. The van der Waals surface area contributed by atoms with Crippen LogP contribution in [-0.4, -0.2) is 24.4 Å². The molecule has 0 radical (unpaired) electrons. The standard InChI is InChI=1S/C23H25NO3/c25-16-11-9-15(10-12-16)22-19-6-1-5-18(19)20-7-2-8-21(23(20)24-22)27-14-17-4-3-13-26-17/h1-2,5,7-12,17-19,22,24-25H,3-4,6,13-14H2. The van der Waals surface area contributed by atoms with Gasteiger partial charge in [-0.1, -0.05) is 36.4 Å². The molecule has 3 aliphatic rings. The molecule has 0 spiro atoms. The van der Waals surface area contributed by atoms with Crippen LogP contribution in [0.5, 0.6) is 11.5 Å². The number of hydrogen-bond donors (Lipinski definition) is 2. The molecule has 0 saturated carbocycles. The molecule has 4 atom stereocenters. The summed E-state index contributed by atoms with van der Waals surface area (Å²) in [7, 11) is 0. The van der Waals surface area contributed by atoms with Gasteiger partial charge in [0, 0.05) is 12.5 Å². The van der Waals surface area contributed by atoms with E-state index in [0.29, 0.717) is 24.2 Å². The molecule has 1 fully saturated rings. The quantitative estimate of drug-likeness (QED) is 0.768. The summed E-state index contributed by atoms with van der Waals surface area (Å²) in [5.41, 5.74) is 3.61. The van der Waals surface area contributed by atoms with Crippen LogP contribution >= 0.6 is 0 Å². The normalized spacial score (nSPS) is 28.4. The maximum absolute atomic E-state index is 9.65. The lowest BCUT2D eigenvalue weighted by Crippen LogP contribution is -2.29. The molecular weight excluding hydrogens is 338 g/mol. The smallest absolute Gasteiger partial charge is 0.142 e. The SMILES string of the molecule is Oc1ccc(C2Nc3c(OCC4CCCO4)cccc3C3C=CCC32)cc1. The molecule has 1 saturated heterocycles. The predicted octanol–water partition coefficient (Wildman–Crippen LogP) is 4.78. The maximum atomic E-state index is 9.65. The Morgan fingerprint density at radius 1 is 1.15 bits per heavy atom. The number of nitrogens with one attached hydrogen (secondary N) is 1. The average Bonchev–Trinajstić information content (AvgIpc) is 3.38. The number of phenols is 1. The second kappa shape index (κ2) is 6.93. The highest BCUT2D eigenvalue weighted by atomic mass is 16.5. The van der Waals surface area contributed by atoms with Crippen molar-refractivity contribution in [2.24, 2.45) is 5.92 Å². The van der Waals surface area contributed by atoms with E-state index in [1.54, 1.807) is 12.1 Å². The van der Waals surface area contributed by atoms with Gasteiger partial charge < -0.3 is 19.9 Å². The Balaban J connectivity index is 1.46. The van der Waals surface area contributed by atoms with Gasteiger partial charge in [0.15, 0.2) is 0 Å². The molecule has 2 aliphatic heterocycles. The van der Waals surface area contributed by atoms with E-state index in [1.807, 2.05) is 18.2 Å². The van der Waals surface area contributed by atoms with Gasteiger partial charge in [0.2, 0.25) is 0 Å². The van der Waals surface area contributed by atoms with Crippen LogP contribution in [0.3, 0.4) is 0 Å². The van der Waals surface area contributed by atoms with Gasteiger partial charge in [-0.15, -0.1) is 0 Å². The number of anilines is 1. The van der Waals surface area contributed by atoms with Crippen molar-refractivity contribution in [3.63, 3.8) is 0 Å². The largest absolute Gasteiger partial charge is 0.508 e. The molecule has 5 rings (SSSR count). The van der Waals surface area contributed by atoms with Crippen LogP contribution in [0.25, 0.3) is 0 Å². The van der Waals surface area contributed by atoms with Gasteiger partial charge in [0.05, 0.1) is 17.8 Å². The second-order valence-corrected chi connectivity index (χ2v) is 7.73. The first-order valence-corrected chi connectivity index (χ1v) is 9.89. The zero-order valence-electron chi connectivity index (χ0n) is 15.3. The summed E-state index contributed by atoms with van der Waals surface area (Å²) in [5, 5.41) is 13.4. The first kappa shape index (κ1) is 16.7. The molecule has 0 amide bonds. The van der Waals surface area contributed by atoms with Crippen LogP contribution in [-0.2, 0) is 4.74 Å². The Labute approximate surface area is 159 Å². The highest BCUT2D eigenvalue weighted by molar-refractivity contribution is 5.67. The van der Waals surface area contributed by atoms with Gasteiger partial charge in [-0.25, -0.2) is 0 Å². The summed E-state index contributed by atoms with van der Waals surface area (Å²) in [5.74, 6) is 2.09. The highest BCUT2D eigenvalue weighted by Gasteiger charge is 2.39. The van der Waals surface area contributed by atoms with Crippen LogP contribution in [0, 0.1) is 5.92 Å². The van der Waals surface area contributed by atoms with Crippen LogP contribution < -0.4 is 10.1 Å². The van der Waals surface area contributed by atoms with Gasteiger partial charge in [-0.3, -0.25) is 0 Å². The Bertz CT molecular complexity index is 839. The molecule has 2 aromatic carbocycles. The summed E-state index contributed by atoms with van der Waals surface area (Å²) in [4.78, 5) is 0. The lowest BCUT2D eigenvalue weighted by molar-refractivity contribution is 0.0681. The van der Waals surface area contributed by atoms with E-state index in [2.05, 4.69) is 29.6 Å². The Kier molecular flexibility index (Phi) is 4.29. The zero-order valence-corrected chi connectivity index (χ0v) is 15.3. The fraction of sp³-hybridized carbons (Fsp3) is 0.391. The first-order valence-electron chi connectivity index (χ1n) is 9.89. The number of allylic oxidation sites excluding steroid dienone is 2. The number of rotatable bonds is 4. The fourth-order valence-electron chi connectivity index (χ4n) is 4.68. The van der Waals surface area contributed by atoms with E-state index in [4.69, 9.17) is 9.47 Å². The van der Waals surface area contributed by atoms with Gasteiger partial charge in [-0.2, -0.15) is 0 Å². The molecule has 4 nitrogen and oxygen atoms in total. The van der Waals surface area contributed by atoms with Gasteiger partial charge in [0.1, 0.15) is 18.1 Å². The molecule has 4 unspecified atom stereocenters. The third-order valence-electron chi connectivity index (χ3n) is 6.06. The maximum Gasteiger partial charge on any atom is 0.142 e. The number of benzene rings is 2. The molecular formula is C23H25NO3. The van der Waals surface area contributed by atoms with Crippen LogP contribution in [0.15, 0.2) is 54.6 Å². The van der Waals surface area contributed by atoms with Crippen molar-refractivity contribution in [1.29, 1.82) is 0 Å². The number of fused-ring (bicyclic) bond motifs is 3. The lowest BCUT2D eigenvalue weighted by atomic mass is 9.77. The van der Waals surface area contributed by atoms with Gasteiger partial charge in [0.25, 0.3) is 0 Å². The van der Waals surface area contributed by atoms with Crippen LogP contribution in [0.2, 0.25) is 0 Å². The van der Waals surface area contributed by atoms with Gasteiger partial charge >= 0.3 is 0 Å². The molecule has 4 heteroatoms. The van der Waals surface area contributed by atoms with Crippen LogP contribution in [0.1, 0.15) is 42.3 Å². The summed E-state index contributed by atoms with van der Waals surface area (Å²) < 4.78 is 11.9.